The molecule has 178 valence electrons. The van der Waals surface area contributed by atoms with Crippen LogP contribution in [0.15, 0.2) is 0 Å². The van der Waals surface area contributed by atoms with Crippen LogP contribution in [0.3, 0.4) is 0 Å². The molecule has 0 atom stereocenters. The fourth-order valence-electron chi connectivity index (χ4n) is 1.89. The molecule has 0 spiro atoms. The van der Waals surface area contributed by atoms with Gasteiger partial charge in [0.05, 0.1) is 32.7 Å². The molecule has 0 aromatic carbocycles. The first kappa shape index (κ1) is 30.7. The molecule has 0 aliphatic rings. The van der Waals surface area contributed by atoms with E-state index in [4.69, 9.17) is 33.5 Å². The summed E-state index contributed by atoms with van der Waals surface area (Å²) < 4.78 is 23.8. The van der Waals surface area contributed by atoms with E-state index in [-0.39, 0.29) is 19.8 Å². The van der Waals surface area contributed by atoms with Crippen LogP contribution in [-0.4, -0.2) is 63.1 Å². The summed E-state index contributed by atoms with van der Waals surface area (Å²) in [7, 11) is -4.64. The molecule has 0 heterocycles. The summed E-state index contributed by atoms with van der Waals surface area (Å²) in [5, 5.41) is 10.6. The molecule has 0 bridgehead atoms. The van der Waals surface area contributed by atoms with Gasteiger partial charge in [-0.2, -0.15) is 0 Å². The van der Waals surface area contributed by atoms with Crippen LogP contribution < -0.4 is 0 Å². The average molecular weight is 458 g/mol. The van der Waals surface area contributed by atoms with Crippen molar-refractivity contribution >= 4 is 25.7 Å². The van der Waals surface area contributed by atoms with E-state index in [2.05, 4.69) is 0 Å². The molecule has 30 heavy (non-hydrogen) atoms. The van der Waals surface area contributed by atoms with Crippen molar-refractivity contribution in [1.29, 1.82) is 0 Å². The minimum absolute atomic E-state index is 0.118. The van der Waals surface area contributed by atoms with Gasteiger partial charge in [0.1, 0.15) is 0 Å². The van der Waals surface area contributed by atoms with Crippen LogP contribution in [0.5, 0.6) is 0 Å². The van der Waals surface area contributed by atoms with Gasteiger partial charge in [-0.15, -0.1) is 0 Å². The molecule has 0 rings (SSSR count). The van der Waals surface area contributed by atoms with E-state index < -0.39 is 44.2 Å². The second-order valence-corrected chi connectivity index (χ2v) is 7.56. The number of aliphatic hydroxyl groups is 1. The highest BCUT2D eigenvalue weighted by atomic mass is 31.2. The van der Waals surface area contributed by atoms with Crippen molar-refractivity contribution in [1.82, 2.24) is 0 Å². The zero-order valence-corrected chi connectivity index (χ0v) is 18.8. The van der Waals surface area contributed by atoms with Crippen molar-refractivity contribution in [2.24, 2.45) is 0 Å². The lowest BCUT2D eigenvalue weighted by atomic mass is 9.95. The lowest BCUT2D eigenvalue weighted by molar-refractivity contribution is -0.178. The predicted molar refractivity (Wildman–Crippen MR) is 106 cm³/mol. The Labute approximate surface area is 177 Å². The molecule has 0 amide bonds. The zero-order valence-electron chi connectivity index (χ0n) is 17.9. The van der Waals surface area contributed by atoms with E-state index in [0.29, 0.717) is 19.3 Å². The highest BCUT2D eigenvalue weighted by molar-refractivity contribution is 7.45. The molecule has 0 saturated carbocycles. The number of hydrogen-bond donors (Lipinski definition) is 4. The number of carbonyl (C=O) groups is 3. The van der Waals surface area contributed by atoms with Crippen LogP contribution in [0.4, 0.5) is 0 Å². The second-order valence-electron chi connectivity index (χ2n) is 6.54. The van der Waals surface area contributed by atoms with Crippen LogP contribution in [0, 0.1) is 0 Å². The third-order valence-corrected chi connectivity index (χ3v) is 3.51. The minimum atomic E-state index is -4.64. The van der Waals surface area contributed by atoms with Crippen LogP contribution in [0.2, 0.25) is 0 Å². The van der Waals surface area contributed by atoms with E-state index in [1.807, 2.05) is 20.8 Å². The van der Waals surface area contributed by atoms with Gasteiger partial charge in [-0.25, -0.2) is 9.36 Å². The van der Waals surface area contributed by atoms with Gasteiger partial charge in [0, 0.05) is 0 Å². The first-order chi connectivity index (χ1) is 13.9. The van der Waals surface area contributed by atoms with E-state index in [9.17, 15) is 19.5 Å². The molecular weight excluding hydrogens is 423 g/mol. The molecule has 0 unspecified atom stereocenters. The summed E-state index contributed by atoms with van der Waals surface area (Å²) in [5.41, 5.74) is -2.26. The Morgan fingerprint density at radius 2 is 1.03 bits per heavy atom. The summed E-state index contributed by atoms with van der Waals surface area (Å²) in [6, 6.07) is 0. The number of ether oxygens (including phenoxy) is 3. The molecule has 0 saturated heterocycles. The maximum absolute atomic E-state index is 12.2. The molecule has 0 aromatic heterocycles. The lowest BCUT2D eigenvalue weighted by Crippen LogP contribution is -2.45. The SMILES string of the molecule is CCCCOC(=O)CC(O)(CC(=O)OCCCC)C(=O)OCCCC.O=P(O)(O)O. The van der Waals surface area contributed by atoms with Gasteiger partial charge < -0.3 is 34.0 Å². The molecule has 0 aliphatic carbocycles. The zero-order chi connectivity index (χ0) is 23.6. The van der Waals surface area contributed by atoms with E-state index in [0.717, 1.165) is 19.3 Å². The van der Waals surface area contributed by atoms with Crippen molar-refractivity contribution in [3.8, 4) is 0 Å². The van der Waals surface area contributed by atoms with Crippen molar-refractivity contribution < 1.29 is 52.9 Å². The smallest absolute Gasteiger partial charge is 0.466 e. The fraction of sp³-hybridized carbons (Fsp3) is 0.833. The van der Waals surface area contributed by atoms with E-state index in [1.165, 1.54) is 0 Å². The Bertz CT molecular complexity index is 512. The third kappa shape index (κ3) is 19.8. The van der Waals surface area contributed by atoms with Crippen LogP contribution in [-0.2, 0) is 33.2 Å². The summed E-state index contributed by atoms with van der Waals surface area (Å²) in [4.78, 5) is 57.5. The molecular formula is C18H35O11P. The molecule has 4 N–H and O–H groups in total. The summed E-state index contributed by atoms with van der Waals surface area (Å²) in [6.45, 7) is 6.35. The number of phosphoric acid groups is 1. The maximum Gasteiger partial charge on any atom is 0.466 e. The Balaban J connectivity index is 0. The standard InChI is InChI=1S/C18H32O7.H3O4P/c1-4-7-10-23-15(19)13-18(22,17(21)25-12-9-6-3)14-16(20)24-11-8-5-2;1-5(2,3)4/h22H,4-14H2,1-3H3;(H3,1,2,3,4). The minimum Gasteiger partial charge on any atom is -0.466 e. The number of rotatable bonds is 14. The van der Waals surface area contributed by atoms with Crippen LogP contribution in [0.25, 0.3) is 0 Å². The number of hydrogen-bond acceptors (Lipinski definition) is 8. The second kappa shape index (κ2) is 17.2. The number of unbranched alkanes of at least 4 members (excludes halogenated alkanes) is 3. The summed E-state index contributed by atoms with van der Waals surface area (Å²) >= 11 is 0. The Kier molecular flexibility index (Phi) is 17.6. The van der Waals surface area contributed by atoms with Gasteiger partial charge in [0.2, 0.25) is 0 Å². The van der Waals surface area contributed by atoms with Gasteiger partial charge in [0.15, 0.2) is 5.60 Å². The van der Waals surface area contributed by atoms with Crippen molar-refractivity contribution in [2.45, 2.75) is 77.7 Å². The Hall–Kier alpha value is -1.52. The Morgan fingerprint density at radius 3 is 1.33 bits per heavy atom. The first-order valence-corrected chi connectivity index (χ1v) is 11.4. The highest BCUT2D eigenvalue weighted by Gasteiger charge is 2.43. The van der Waals surface area contributed by atoms with Gasteiger partial charge in [-0.1, -0.05) is 40.0 Å². The predicted octanol–water partition coefficient (Wildman–Crippen LogP) is 1.60. The molecule has 11 nitrogen and oxygen atoms in total. The molecule has 0 fully saturated rings. The molecule has 12 heteroatoms. The summed E-state index contributed by atoms with van der Waals surface area (Å²) in [6.07, 6.45) is 3.23. The van der Waals surface area contributed by atoms with Crippen LogP contribution in [0.1, 0.15) is 72.1 Å². The van der Waals surface area contributed by atoms with Crippen molar-refractivity contribution in [2.75, 3.05) is 19.8 Å². The topological polar surface area (TPSA) is 177 Å². The third-order valence-electron chi connectivity index (χ3n) is 3.51. The van der Waals surface area contributed by atoms with Gasteiger partial charge in [-0.05, 0) is 19.3 Å². The van der Waals surface area contributed by atoms with Gasteiger partial charge >= 0.3 is 25.7 Å². The summed E-state index contributed by atoms with van der Waals surface area (Å²) in [5.74, 6) is -2.49. The fourth-order valence-corrected chi connectivity index (χ4v) is 1.89. The monoisotopic (exact) mass is 458 g/mol. The van der Waals surface area contributed by atoms with E-state index in [1.54, 1.807) is 0 Å². The first-order valence-electron chi connectivity index (χ1n) is 9.88. The van der Waals surface area contributed by atoms with Gasteiger partial charge in [-0.3, -0.25) is 9.59 Å². The van der Waals surface area contributed by atoms with Crippen molar-refractivity contribution in [3.05, 3.63) is 0 Å². The molecule has 0 aliphatic heterocycles. The average Bonchev–Trinajstić information content (AvgIpc) is 2.60. The highest BCUT2D eigenvalue weighted by Crippen LogP contribution is 2.25. The van der Waals surface area contributed by atoms with Crippen LogP contribution >= 0.6 is 7.82 Å². The molecule has 0 aromatic rings. The number of carbonyl (C=O) groups excluding carboxylic acids is 3. The van der Waals surface area contributed by atoms with Crippen molar-refractivity contribution in [3.63, 3.8) is 0 Å². The maximum atomic E-state index is 12.2. The number of esters is 3. The normalized spacial score (nSPS) is 11.2. The lowest BCUT2D eigenvalue weighted by Gasteiger charge is -2.24. The molecule has 0 radical (unpaired) electrons. The quantitative estimate of drug-likeness (QED) is 0.129. The Morgan fingerprint density at radius 1 is 0.733 bits per heavy atom. The van der Waals surface area contributed by atoms with Gasteiger partial charge in [0.25, 0.3) is 0 Å². The van der Waals surface area contributed by atoms with E-state index >= 15 is 0 Å². The largest absolute Gasteiger partial charge is 0.466 e.